The predicted octanol–water partition coefficient (Wildman–Crippen LogP) is 5.94. The number of carboxylic acid groups (broad SMARTS) is 1. The normalized spacial score (nSPS) is 10.9. The first-order chi connectivity index (χ1) is 16.8. The number of ether oxygens (including phenoxy) is 2. The molecule has 0 radical (unpaired) electrons. The summed E-state index contributed by atoms with van der Waals surface area (Å²) >= 11 is 3.47. The second-order valence-corrected chi connectivity index (χ2v) is 8.37. The molecule has 35 heavy (non-hydrogen) atoms. The Hall–Kier alpha value is -4.09. The van der Waals surface area contributed by atoms with Gasteiger partial charge in [0.1, 0.15) is 0 Å². The molecule has 0 spiro atoms. The van der Waals surface area contributed by atoms with E-state index in [0.717, 1.165) is 5.56 Å². The molecule has 178 valence electrons. The average molecular weight is 535 g/mol. The third kappa shape index (κ3) is 6.95. The number of nitrogens with one attached hydrogen (secondary N) is 1. The third-order valence-electron chi connectivity index (χ3n) is 4.89. The summed E-state index contributed by atoms with van der Waals surface area (Å²) in [7, 11) is 0. The number of hydrogen-bond acceptors (Lipinski definition) is 5. The van der Waals surface area contributed by atoms with Crippen LogP contribution in [-0.4, -0.2) is 30.2 Å². The number of benzene rings is 3. The standard InChI is InChI=1S/C27H23BrN2O5/c1-3-34-24-14-18(12-21(15-29)19-6-8-20(9-7-19)27(32)33)13-23(28)26(24)35-16-25(31)30-22-10-4-17(2)5-11-22/h4-14H,3,16H2,1-2H3,(H,30,31)(H,32,33)/b21-12-. The summed E-state index contributed by atoms with van der Waals surface area (Å²) in [6, 6.07) is 19.1. The number of nitriles is 1. The highest BCUT2D eigenvalue weighted by Gasteiger charge is 2.15. The molecule has 7 nitrogen and oxygen atoms in total. The van der Waals surface area contributed by atoms with Crippen molar-refractivity contribution in [1.29, 1.82) is 5.26 Å². The molecule has 2 N–H and O–H groups in total. The second kappa shape index (κ2) is 11.9. The minimum absolute atomic E-state index is 0.139. The number of nitrogens with zero attached hydrogens (tertiary/aromatic N) is 1. The van der Waals surface area contributed by atoms with E-state index < -0.39 is 5.97 Å². The molecule has 0 fully saturated rings. The quantitative estimate of drug-likeness (QED) is 0.260. The molecule has 8 heteroatoms. The van der Waals surface area contributed by atoms with Gasteiger partial charge in [-0.15, -0.1) is 0 Å². The van der Waals surface area contributed by atoms with Gasteiger partial charge in [0.05, 0.1) is 28.3 Å². The highest BCUT2D eigenvalue weighted by molar-refractivity contribution is 9.10. The van der Waals surface area contributed by atoms with Crippen molar-refractivity contribution in [2.24, 2.45) is 0 Å². The molecule has 0 aromatic heterocycles. The van der Waals surface area contributed by atoms with Gasteiger partial charge in [-0.3, -0.25) is 4.79 Å². The number of anilines is 1. The largest absolute Gasteiger partial charge is 0.490 e. The van der Waals surface area contributed by atoms with Crippen molar-refractivity contribution >= 4 is 45.1 Å². The lowest BCUT2D eigenvalue weighted by Crippen LogP contribution is -2.20. The number of halogens is 1. The molecule has 3 aromatic carbocycles. The smallest absolute Gasteiger partial charge is 0.335 e. The zero-order valence-electron chi connectivity index (χ0n) is 19.2. The van der Waals surface area contributed by atoms with E-state index in [4.69, 9.17) is 14.6 Å². The number of allylic oxidation sites excluding steroid dienone is 1. The first-order valence-corrected chi connectivity index (χ1v) is 11.5. The molecule has 0 atom stereocenters. The SMILES string of the molecule is CCOc1cc(/C=C(/C#N)c2ccc(C(=O)O)cc2)cc(Br)c1OCC(=O)Nc1ccc(C)cc1. The number of amides is 1. The van der Waals surface area contributed by atoms with Crippen molar-refractivity contribution in [1.82, 2.24) is 0 Å². The molecule has 0 aliphatic rings. The molecule has 1 amide bonds. The van der Waals surface area contributed by atoms with Crippen molar-refractivity contribution < 1.29 is 24.2 Å². The first kappa shape index (κ1) is 25.5. The Balaban J connectivity index is 1.81. The number of carbonyl (C=O) groups is 2. The van der Waals surface area contributed by atoms with Crippen molar-refractivity contribution in [3.63, 3.8) is 0 Å². The molecule has 3 rings (SSSR count). The fourth-order valence-electron chi connectivity index (χ4n) is 3.19. The molecule has 0 saturated carbocycles. The van der Waals surface area contributed by atoms with Crippen LogP contribution in [0.3, 0.4) is 0 Å². The van der Waals surface area contributed by atoms with Gasteiger partial charge in [-0.25, -0.2) is 4.79 Å². The molecule has 0 aliphatic carbocycles. The Morgan fingerprint density at radius 1 is 1.06 bits per heavy atom. The first-order valence-electron chi connectivity index (χ1n) is 10.7. The van der Waals surface area contributed by atoms with Crippen molar-refractivity contribution in [2.75, 3.05) is 18.5 Å². The zero-order chi connectivity index (χ0) is 25.4. The van der Waals surface area contributed by atoms with Gasteiger partial charge in [0.25, 0.3) is 5.91 Å². The van der Waals surface area contributed by atoms with Gasteiger partial charge in [0.2, 0.25) is 0 Å². The summed E-state index contributed by atoms with van der Waals surface area (Å²) in [5.41, 5.74) is 3.50. The van der Waals surface area contributed by atoms with Crippen LogP contribution in [0.1, 0.15) is 34.0 Å². The van der Waals surface area contributed by atoms with E-state index in [9.17, 15) is 14.9 Å². The van der Waals surface area contributed by atoms with Gasteiger partial charge >= 0.3 is 5.97 Å². The summed E-state index contributed by atoms with van der Waals surface area (Å²) in [6.45, 7) is 3.94. The van der Waals surface area contributed by atoms with Crippen LogP contribution in [0.4, 0.5) is 5.69 Å². The maximum absolute atomic E-state index is 12.4. The Labute approximate surface area is 211 Å². The summed E-state index contributed by atoms with van der Waals surface area (Å²) < 4.78 is 12.0. The van der Waals surface area contributed by atoms with E-state index in [-0.39, 0.29) is 18.1 Å². The Bertz CT molecular complexity index is 1290. The van der Waals surface area contributed by atoms with E-state index in [1.54, 1.807) is 30.3 Å². The van der Waals surface area contributed by atoms with Gasteiger partial charge in [-0.05, 0) is 83.4 Å². The number of hydrogen-bond donors (Lipinski definition) is 2. The molecule has 0 heterocycles. The highest BCUT2D eigenvalue weighted by Crippen LogP contribution is 2.38. The molecule has 0 saturated heterocycles. The summed E-state index contributed by atoms with van der Waals surface area (Å²) in [6.07, 6.45) is 1.66. The maximum atomic E-state index is 12.4. The van der Waals surface area contributed by atoms with Gasteiger partial charge in [0, 0.05) is 5.69 Å². The Morgan fingerprint density at radius 3 is 2.31 bits per heavy atom. The van der Waals surface area contributed by atoms with E-state index in [1.807, 2.05) is 38.1 Å². The van der Waals surface area contributed by atoms with Crippen LogP contribution in [-0.2, 0) is 4.79 Å². The maximum Gasteiger partial charge on any atom is 0.335 e. The van der Waals surface area contributed by atoms with Gasteiger partial charge < -0.3 is 19.9 Å². The molecule has 0 bridgehead atoms. The average Bonchev–Trinajstić information content (AvgIpc) is 2.83. The lowest BCUT2D eigenvalue weighted by Gasteiger charge is -2.15. The van der Waals surface area contributed by atoms with Gasteiger partial charge in [-0.2, -0.15) is 5.26 Å². The second-order valence-electron chi connectivity index (χ2n) is 7.52. The molecule has 0 aliphatic heterocycles. The fourth-order valence-corrected chi connectivity index (χ4v) is 3.76. The summed E-state index contributed by atoms with van der Waals surface area (Å²) in [5.74, 6) is -0.571. The zero-order valence-corrected chi connectivity index (χ0v) is 20.8. The number of aromatic carboxylic acids is 1. The van der Waals surface area contributed by atoms with Crippen molar-refractivity contribution in [2.45, 2.75) is 13.8 Å². The lowest BCUT2D eigenvalue weighted by molar-refractivity contribution is -0.118. The monoisotopic (exact) mass is 534 g/mol. The van der Waals surface area contributed by atoms with Crippen LogP contribution in [0.15, 0.2) is 65.1 Å². The summed E-state index contributed by atoms with van der Waals surface area (Å²) in [4.78, 5) is 23.4. The molecule has 3 aromatic rings. The Kier molecular flexibility index (Phi) is 8.65. The van der Waals surface area contributed by atoms with E-state index in [1.165, 1.54) is 12.1 Å². The fraction of sp³-hybridized carbons (Fsp3) is 0.148. The minimum Gasteiger partial charge on any atom is -0.490 e. The van der Waals surface area contributed by atoms with E-state index in [2.05, 4.69) is 27.3 Å². The van der Waals surface area contributed by atoms with Crippen LogP contribution < -0.4 is 14.8 Å². The van der Waals surface area contributed by atoms with Crippen LogP contribution in [0.5, 0.6) is 11.5 Å². The third-order valence-corrected chi connectivity index (χ3v) is 5.48. The minimum atomic E-state index is -1.03. The van der Waals surface area contributed by atoms with Gasteiger partial charge in [-0.1, -0.05) is 29.8 Å². The number of aryl methyl sites for hydroxylation is 1. The predicted molar refractivity (Wildman–Crippen MR) is 137 cm³/mol. The highest BCUT2D eigenvalue weighted by atomic mass is 79.9. The Morgan fingerprint density at radius 2 is 1.71 bits per heavy atom. The number of rotatable bonds is 9. The number of carbonyl (C=O) groups excluding carboxylic acids is 1. The molecule has 0 unspecified atom stereocenters. The van der Waals surface area contributed by atoms with Crippen LogP contribution in [0.25, 0.3) is 11.6 Å². The van der Waals surface area contributed by atoms with Crippen LogP contribution in [0.2, 0.25) is 0 Å². The van der Waals surface area contributed by atoms with E-state index >= 15 is 0 Å². The lowest BCUT2D eigenvalue weighted by atomic mass is 10.0. The number of carboxylic acids is 1. The van der Waals surface area contributed by atoms with Crippen LogP contribution >= 0.6 is 15.9 Å². The van der Waals surface area contributed by atoms with E-state index in [0.29, 0.717) is 45.0 Å². The topological polar surface area (TPSA) is 109 Å². The van der Waals surface area contributed by atoms with Gasteiger partial charge in [0.15, 0.2) is 18.1 Å². The van der Waals surface area contributed by atoms with Crippen LogP contribution in [0, 0.1) is 18.3 Å². The summed E-state index contributed by atoms with van der Waals surface area (Å²) in [5, 5.41) is 21.5. The molecular formula is C27H23BrN2O5. The van der Waals surface area contributed by atoms with Crippen molar-refractivity contribution in [3.05, 3.63) is 87.4 Å². The van der Waals surface area contributed by atoms with Crippen molar-refractivity contribution in [3.8, 4) is 17.6 Å². The molecular weight excluding hydrogens is 512 g/mol.